The first-order chi connectivity index (χ1) is 8.97. The molecule has 2 nitrogen and oxygen atoms in total. The number of benzene rings is 2. The molecule has 0 aliphatic carbocycles. The lowest BCUT2D eigenvalue weighted by Crippen LogP contribution is -2.13. The molecule has 0 bridgehead atoms. The number of amides is 1. The SMILES string of the molecule is Cc1ccc(C(=O)Nc2cc(C)ccc2C)c(Br)c1. The lowest BCUT2D eigenvalue weighted by atomic mass is 10.1. The van der Waals surface area contributed by atoms with E-state index in [4.69, 9.17) is 0 Å². The van der Waals surface area contributed by atoms with Crippen molar-refractivity contribution in [3.63, 3.8) is 0 Å². The van der Waals surface area contributed by atoms with Gasteiger partial charge in [0.25, 0.3) is 5.91 Å². The Hall–Kier alpha value is -1.61. The van der Waals surface area contributed by atoms with Gasteiger partial charge >= 0.3 is 0 Å². The van der Waals surface area contributed by atoms with E-state index in [1.165, 1.54) is 0 Å². The smallest absolute Gasteiger partial charge is 0.256 e. The van der Waals surface area contributed by atoms with Crippen LogP contribution < -0.4 is 5.32 Å². The molecule has 2 aromatic rings. The lowest BCUT2D eigenvalue weighted by molar-refractivity contribution is 0.102. The van der Waals surface area contributed by atoms with Crippen molar-refractivity contribution >= 4 is 27.5 Å². The van der Waals surface area contributed by atoms with Gasteiger partial charge < -0.3 is 5.32 Å². The maximum Gasteiger partial charge on any atom is 0.256 e. The highest BCUT2D eigenvalue weighted by Gasteiger charge is 2.11. The Bertz CT molecular complexity index is 635. The Labute approximate surface area is 122 Å². The summed E-state index contributed by atoms with van der Waals surface area (Å²) in [6.07, 6.45) is 0. The van der Waals surface area contributed by atoms with Crippen molar-refractivity contribution in [3.8, 4) is 0 Å². The fraction of sp³-hybridized carbons (Fsp3) is 0.188. The summed E-state index contributed by atoms with van der Waals surface area (Å²) in [6.45, 7) is 5.99. The van der Waals surface area contributed by atoms with Gasteiger partial charge in [-0.1, -0.05) is 18.2 Å². The van der Waals surface area contributed by atoms with Crippen molar-refractivity contribution in [2.75, 3.05) is 5.32 Å². The quantitative estimate of drug-likeness (QED) is 0.859. The molecule has 0 radical (unpaired) electrons. The third-order valence-corrected chi connectivity index (χ3v) is 3.67. The molecule has 0 aliphatic rings. The Kier molecular flexibility index (Phi) is 4.05. The summed E-state index contributed by atoms with van der Waals surface area (Å²) in [6, 6.07) is 11.7. The van der Waals surface area contributed by atoms with Crippen LogP contribution in [0.4, 0.5) is 5.69 Å². The van der Waals surface area contributed by atoms with Gasteiger partial charge in [0.2, 0.25) is 0 Å². The molecule has 0 heterocycles. The van der Waals surface area contributed by atoms with Crippen molar-refractivity contribution in [1.29, 1.82) is 0 Å². The van der Waals surface area contributed by atoms with Gasteiger partial charge in [0.15, 0.2) is 0 Å². The molecule has 0 spiro atoms. The summed E-state index contributed by atoms with van der Waals surface area (Å²) < 4.78 is 0.815. The molecule has 19 heavy (non-hydrogen) atoms. The van der Waals surface area contributed by atoms with Crippen LogP contribution in [0.5, 0.6) is 0 Å². The molecule has 0 aromatic heterocycles. The third kappa shape index (κ3) is 3.24. The van der Waals surface area contributed by atoms with E-state index in [9.17, 15) is 4.79 Å². The van der Waals surface area contributed by atoms with Crippen LogP contribution >= 0.6 is 15.9 Å². The van der Waals surface area contributed by atoms with Gasteiger partial charge in [0, 0.05) is 10.2 Å². The van der Waals surface area contributed by atoms with Crippen molar-refractivity contribution in [1.82, 2.24) is 0 Å². The predicted molar refractivity (Wildman–Crippen MR) is 82.7 cm³/mol. The van der Waals surface area contributed by atoms with E-state index in [0.29, 0.717) is 5.56 Å². The van der Waals surface area contributed by atoms with Crippen LogP contribution in [0.3, 0.4) is 0 Å². The summed E-state index contributed by atoms with van der Waals surface area (Å²) in [5, 5.41) is 2.96. The van der Waals surface area contributed by atoms with Crippen LogP contribution in [0, 0.1) is 20.8 Å². The second-order valence-corrected chi connectivity index (χ2v) is 5.61. The first-order valence-corrected chi connectivity index (χ1v) is 6.91. The number of aryl methyl sites for hydroxylation is 3. The summed E-state index contributed by atoms with van der Waals surface area (Å²) in [7, 11) is 0. The Morgan fingerprint density at radius 2 is 1.63 bits per heavy atom. The van der Waals surface area contributed by atoms with Crippen molar-refractivity contribution in [2.45, 2.75) is 20.8 Å². The largest absolute Gasteiger partial charge is 0.322 e. The second kappa shape index (κ2) is 5.57. The Morgan fingerprint density at radius 3 is 2.32 bits per heavy atom. The zero-order valence-electron chi connectivity index (χ0n) is 11.3. The van der Waals surface area contributed by atoms with Crippen LogP contribution in [0.2, 0.25) is 0 Å². The Morgan fingerprint density at radius 1 is 1.00 bits per heavy atom. The molecule has 0 fully saturated rings. The van der Waals surface area contributed by atoms with Gasteiger partial charge in [-0.05, 0) is 71.6 Å². The van der Waals surface area contributed by atoms with Crippen molar-refractivity contribution < 1.29 is 4.79 Å². The van der Waals surface area contributed by atoms with E-state index in [2.05, 4.69) is 21.2 Å². The normalized spacial score (nSPS) is 10.3. The highest BCUT2D eigenvalue weighted by atomic mass is 79.9. The molecule has 0 saturated carbocycles. The van der Waals surface area contributed by atoms with Gasteiger partial charge in [-0.15, -0.1) is 0 Å². The second-order valence-electron chi connectivity index (χ2n) is 4.76. The fourth-order valence-electron chi connectivity index (χ4n) is 1.86. The number of nitrogens with one attached hydrogen (secondary N) is 1. The number of hydrogen-bond acceptors (Lipinski definition) is 1. The van der Waals surface area contributed by atoms with Crippen LogP contribution in [0.15, 0.2) is 40.9 Å². The molecular weight excluding hydrogens is 302 g/mol. The van der Waals surface area contributed by atoms with E-state index in [1.807, 2.05) is 57.2 Å². The standard InChI is InChI=1S/C16H16BrNO/c1-10-5-7-13(14(17)8-10)16(19)18-15-9-11(2)4-6-12(15)3/h4-9H,1-3H3,(H,18,19). The van der Waals surface area contributed by atoms with Crippen molar-refractivity contribution in [2.24, 2.45) is 0 Å². The molecule has 3 heteroatoms. The average molecular weight is 318 g/mol. The van der Waals surface area contributed by atoms with Crippen molar-refractivity contribution in [3.05, 3.63) is 63.1 Å². The molecule has 2 rings (SSSR count). The average Bonchev–Trinajstić information content (AvgIpc) is 2.33. The number of carbonyl (C=O) groups excluding carboxylic acids is 1. The molecule has 2 aromatic carbocycles. The van der Waals surface area contributed by atoms with Gasteiger partial charge in [-0.25, -0.2) is 0 Å². The monoisotopic (exact) mass is 317 g/mol. The first kappa shape index (κ1) is 13.8. The molecule has 98 valence electrons. The van der Waals surface area contributed by atoms with Gasteiger partial charge in [-0.2, -0.15) is 0 Å². The lowest BCUT2D eigenvalue weighted by Gasteiger charge is -2.10. The van der Waals surface area contributed by atoms with E-state index >= 15 is 0 Å². The van der Waals surface area contributed by atoms with E-state index in [1.54, 1.807) is 0 Å². The molecule has 0 aliphatic heterocycles. The molecular formula is C16H16BrNO. The van der Waals surface area contributed by atoms with Crippen LogP contribution in [0.1, 0.15) is 27.0 Å². The molecule has 0 atom stereocenters. The number of carbonyl (C=O) groups is 1. The van der Waals surface area contributed by atoms with Gasteiger partial charge in [0.05, 0.1) is 5.56 Å². The van der Waals surface area contributed by atoms with E-state index in [-0.39, 0.29) is 5.91 Å². The fourth-order valence-corrected chi connectivity index (χ4v) is 2.54. The Balaban J connectivity index is 2.28. The highest BCUT2D eigenvalue weighted by molar-refractivity contribution is 9.10. The maximum absolute atomic E-state index is 12.3. The van der Waals surface area contributed by atoms with Crippen LogP contribution in [-0.2, 0) is 0 Å². The summed E-state index contributed by atoms with van der Waals surface area (Å²) in [5.74, 6) is -0.0967. The minimum absolute atomic E-state index is 0.0967. The molecule has 0 saturated heterocycles. The summed E-state index contributed by atoms with van der Waals surface area (Å²) >= 11 is 3.43. The summed E-state index contributed by atoms with van der Waals surface area (Å²) in [5.41, 5.74) is 4.81. The van der Waals surface area contributed by atoms with E-state index < -0.39 is 0 Å². The molecule has 1 N–H and O–H groups in total. The van der Waals surface area contributed by atoms with Crippen LogP contribution in [-0.4, -0.2) is 5.91 Å². The zero-order chi connectivity index (χ0) is 14.0. The van der Waals surface area contributed by atoms with Gasteiger partial charge in [0.1, 0.15) is 0 Å². The third-order valence-electron chi connectivity index (χ3n) is 3.01. The minimum Gasteiger partial charge on any atom is -0.322 e. The number of hydrogen-bond donors (Lipinski definition) is 1. The number of rotatable bonds is 2. The van der Waals surface area contributed by atoms with Gasteiger partial charge in [-0.3, -0.25) is 4.79 Å². The topological polar surface area (TPSA) is 29.1 Å². The number of anilines is 1. The zero-order valence-corrected chi connectivity index (χ0v) is 12.8. The predicted octanol–water partition coefficient (Wildman–Crippen LogP) is 4.63. The highest BCUT2D eigenvalue weighted by Crippen LogP contribution is 2.22. The van der Waals surface area contributed by atoms with Crippen LogP contribution in [0.25, 0.3) is 0 Å². The first-order valence-electron chi connectivity index (χ1n) is 6.12. The number of halogens is 1. The summed E-state index contributed by atoms with van der Waals surface area (Å²) in [4.78, 5) is 12.3. The van der Waals surface area contributed by atoms with E-state index in [0.717, 1.165) is 26.9 Å². The molecule has 1 amide bonds. The minimum atomic E-state index is -0.0967. The molecule has 0 unspecified atom stereocenters. The maximum atomic E-state index is 12.3.